The van der Waals surface area contributed by atoms with Gasteiger partial charge in [-0.1, -0.05) is 44.1 Å². The summed E-state index contributed by atoms with van der Waals surface area (Å²) in [5.74, 6) is 0.737. The molecule has 1 aromatic heterocycles. The van der Waals surface area contributed by atoms with Crippen LogP contribution in [0.3, 0.4) is 0 Å². The lowest BCUT2D eigenvalue weighted by Gasteiger charge is -2.12. The van der Waals surface area contributed by atoms with E-state index in [1.54, 1.807) is 30.3 Å². The average molecular weight is 260 g/mol. The Labute approximate surface area is 111 Å². The molecule has 0 aliphatic rings. The van der Waals surface area contributed by atoms with Crippen LogP contribution in [-0.2, 0) is 5.41 Å². The second kappa shape index (κ2) is 5.14. The predicted molar refractivity (Wildman–Crippen MR) is 71.3 cm³/mol. The van der Waals surface area contributed by atoms with E-state index in [0.717, 1.165) is 5.69 Å². The Morgan fingerprint density at radius 1 is 1.26 bits per heavy atom. The molecule has 2 aromatic rings. The third-order valence-corrected chi connectivity index (χ3v) is 2.46. The molecule has 1 amide bonds. The summed E-state index contributed by atoms with van der Waals surface area (Å²) in [5.41, 5.74) is 0.634. The molecule has 0 spiro atoms. The van der Waals surface area contributed by atoms with E-state index in [1.165, 1.54) is 0 Å². The van der Waals surface area contributed by atoms with Gasteiger partial charge in [0.25, 0.3) is 0 Å². The molecule has 19 heavy (non-hydrogen) atoms. The van der Waals surface area contributed by atoms with Crippen LogP contribution in [-0.4, -0.2) is 11.2 Å². The van der Waals surface area contributed by atoms with Gasteiger partial charge in [0.05, 0.1) is 5.69 Å². The Kier molecular flexibility index (Phi) is 3.55. The molecule has 0 radical (unpaired) electrons. The van der Waals surface area contributed by atoms with Crippen molar-refractivity contribution < 1.29 is 14.1 Å². The van der Waals surface area contributed by atoms with Gasteiger partial charge in [0, 0.05) is 11.5 Å². The zero-order valence-corrected chi connectivity index (χ0v) is 11.1. The molecule has 1 heterocycles. The third-order valence-electron chi connectivity index (χ3n) is 2.46. The van der Waals surface area contributed by atoms with Gasteiger partial charge in [-0.25, -0.2) is 4.79 Å². The van der Waals surface area contributed by atoms with Crippen LogP contribution < -0.4 is 10.1 Å². The first-order valence-electron chi connectivity index (χ1n) is 5.96. The number of hydrogen-bond donors (Lipinski definition) is 1. The number of aromatic nitrogens is 1. The van der Waals surface area contributed by atoms with Crippen molar-refractivity contribution in [2.45, 2.75) is 26.2 Å². The Morgan fingerprint density at radius 3 is 2.53 bits per heavy atom. The lowest BCUT2D eigenvalue weighted by molar-refractivity contribution is 0.214. The van der Waals surface area contributed by atoms with Crippen molar-refractivity contribution in [2.24, 2.45) is 0 Å². The van der Waals surface area contributed by atoms with Gasteiger partial charge in [0.2, 0.25) is 5.88 Å². The minimum atomic E-state index is -0.609. The molecule has 1 aromatic carbocycles. The number of para-hydroxylation sites is 1. The van der Waals surface area contributed by atoms with E-state index in [4.69, 9.17) is 9.26 Å². The first-order valence-corrected chi connectivity index (χ1v) is 5.96. The van der Waals surface area contributed by atoms with E-state index in [9.17, 15) is 4.79 Å². The van der Waals surface area contributed by atoms with Gasteiger partial charge in [-0.3, -0.25) is 5.32 Å². The molecule has 0 saturated heterocycles. The first-order chi connectivity index (χ1) is 8.95. The first kappa shape index (κ1) is 13.1. The average Bonchev–Trinajstić information content (AvgIpc) is 2.78. The summed E-state index contributed by atoms with van der Waals surface area (Å²) in [6.45, 7) is 6.03. The van der Waals surface area contributed by atoms with Crippen LogP contribution >= 0.6 is 0 Å². The van der Waals surface area contributed by atoms with Crippen LogP contribution in [0.25, 0.3) is 0 Å². The Balaban J connectivity index is 1.98. The maximum absolute atomic E-state index is 11.6. The second-order valence-corrected chi connectivity index (χ2v) is 5.15. The van der Waals surface area contributed by atoms with E-state index in [2.05, 4.69) is 10.5 Å². The van der Waals surface area contributed by atoms with Crippen LogP contribution in [0.4, 0.5) is 10.7 Å². The van der Waals surface area contributed by atoms with Crippen molar-refractivity contribution in [3.8, 4) is 5.75 Å². The van der Waals surface area contributed by atoms with Gasteiger partial charge in [-0.05, 0) is 12.1 Å². The second-order valence-electron chi connectivity index (χ2n) is 5.15. The highest BCUT2D eigenvalue weighted by atomic mass is 16.6. The number of anilines is 1. The van der Waals surface area contributed by atoms with Gasteiger partial charge < -0.3 is 9.26 Å². The summed E-state index contributed by atoms with van der Waals surface area (Å²) in [7, 11) is 0. The molecule has 0 aliphatic carbocycles. The van der Waals surface area contributed by atoms with E-state index in [1.807, 2.05) is 26.8 Å². The number of amides is 1. The van der Waals surface area contributed by atoms with E-state index in [0.29, 0.717) is 5.75 Å². The molecule has 5 nitrogen and oxygen atoms in total. The van der Waals surface area contributed by atoms with Crippen molar-refractivity contribution >= 4 is 12.0 Å². The number of carbonyl (C=O) groups is 1. The summed E-state index contributed by atoms with van der Waals surface area (Å²) in [5, 5.41) is 6.39. The van der Waals surface area contributed by atoms with Crippen molar-refractivity contribution in [1.82, 2.24) is 5.16 Å². The number of nitrogens with zero attached hydrogens (tertiary/aromatic N) is 1. The van der Waals surface area contributed by atoms with Gasteiger partial charge in [-0.15, -0.1) is 0 Å². The van der Waals surface area contributed by atoms with Crippen LogP contribution in [0, 0.1) is 0 Å². The standard InChI is InChI=1S/C14H16N2O3/c1-14(2,3)11-9-12(19-16-11)15-13(17)18-10-7-5-4-6-8-10/h4-9H,1-3H3,(H,15,17). The van der Waals surface area contributed by atoms with Crippen molar-refractivity contribution in [3.63, 3.8) is 0 Å². The van der Waals surface area contributed by atoms with E-state index < -0.39 is 6.09 Å². The van der Waals surface area contributed by atoms with Gasteiger partial charge in [0.15, 0.2) is 0 Å². The fourth-order valence-electron chi connectivity index (χ4n) is 1.41. The SMILES string of the molecule is CC(C)(C)c1cc(NC(=O)Oc2ccccc2)on1. The number of carbonyl (C=O) groups excluding carboxylic acids is 1. The van der Waals surface area contributed by atoms with Crippen LogP contribution in [0.2, 0.25) is 0 Å². The van der Waals surface area contributed by atoms with Gasteiger partial charge in [0.1, 0.15) is 5.75 Å². The lowest BCUT2D eigenvalue weighted by atomic mass is 9.92. The minimum absolute atomic E-state index is 0.132. The summed E-state index contributed by atoms with van der Waals surface area (Å²) in [6, 6.07) is 10.5. The van der Waals surface area contributed by atoms with Crippen LogP contribution in [0.15, 0.2) is 40.9 Å². The quantitative estimate of drug-likeness (QED) is 0.896. The topological polar surface area (TPSA) is 64.4 Å². The van der Waals surface area contributed by atoms with Crippen molar-refractivity contribution in [3.05, 3.63) is 42.1 Å². The van der Waals surface area contributed by atoms with E-state index >= 15 is 0 Å². The molecule has 0 unspecified atom stereocenters. The Hall–Kier alpha value is -2.30. The molecule has 100 valence electrons. The largest absolute Gasteiger partial charge is 0.419 e. The zero-order chi connectivity index (χ0) is 13.9. The molecule has 2 rings (SSSR count). The summed E-state index contributed by atoms with van der Waals surface area (Å²) in [6.07, 6.45) is -0.609. The molecule has 0 fully saturated rings. The summed E-state index contributed by atoms with van der Waals surface area (Å²) in [4.78, 5) is 11.6. The monoisotopic (exact) mass is 260 g/mol. The van der Waals surface area contributed by atoms with Crippen molar-refractivity contribution in [1.29, 1.82) is 0 Å². The van der Waals surface area contributed by atoms with Crippen LogP contribution in [0.1, 0.15) is 26.5 Å². The molecular weight excluding hydrogens is 244 g/mol. The van der Waals surface area contributed by atoms with Crippen molar-refractivity contribution in [2.75, 3.05) is 5.32 Å². The highest BCUT2D eigenvalue weighted by Gasteiger charge is 2.19. The number of benzene rings is 1. The molecule has 0 atom stereocenters. The normalized spacial score (nSPS) is 11.1. The van der Waals surface area contributed by atoms with Crippen LogP contribution in [0.5, 0.6) is 5.75 Å². The number of ether oxygens (including phenoxy) is 1. The number of rotatable bonds is 2. The highest BCUT2D eigenvalue weighted by molar-refractivity contribution is 5.84. The molecular formula is C14H16N2O3. The fourth-order valence-corrected chi connectivity index (χ4v) is 1.41. The lowest BCUT2D eigenvalue weighted by Crippen LogP contribution is -2.16. The smallest absolute Gasteiger partial charge is 0.410 e. The summed E-state index contributed by atoms with van der Waals surface area (Å²) >= 11 is 0. The number of hydrogen-bond acceptors (Lipinski definition) is 4. The molecule has 0 bridgehead atoms. The maximum atomic E-state index is 11.6. The fraction of sp³-hybridized carbons (Fsp3) is 0.286. The molecule has 1 N–H and O–H groups in total. The predicted octanol–water partition coefficient (Wildman–Crippen LogP) is 3.58. The molecule has 0 aliphatic heterocycles. The third kappa shape index (κ3) is 3.58. The van der Waals surface area contributed by atoms with Gasteiger partial charge >= 0.3 is 6.09 Å². The zero-order valence-electron chi connectivity index (χ0n) is 11.1. The van der Waals surface area contributed by atoms with E-state index in [-0.39, 0.29) is 11.3 Å². The summed E-state index contributed by atoms with van der Waals surface area (Å²) < 4.78 is 10.1. The Bertz CT molecular complexity index is 556. The minimum Gasteiger partial charge on any atom is -0.410 e. The number of nitrogens with one attached hydrogen (secondary N) is 1. The maximum Gasteiger partial charge on any atom is 0.419 e. The van der Waals surface area contributed by atoms with Gasteiger partial charge in [-0.2, -0.15) is 0 Å². The molecule has 0 saturated carbocycles. The Morgan fingerprint density at radius 2 is 1.95 bits per heavy atom. The highest BCUT2D eigenvalue weighted by Crippen LogP contribution is 2.23. The molecule has 5 heteroatoms.